The molecule has 2 aromatic rings. The van der Waals surface area contributed by atoms with Crippen LogP contribution in [-0.2, 0) is 0 Å². The minimum atomic E-state index is 0.0155. The molecule has 2 saturated heterocycles. The number of hydrogen-bond donors (Lipinski definition) is 0. The van der Waals surface area contributed by atoms with E-state index in [2.05, 4.69) is 36.9 Å². The molecule has 5 heteroatoms. The highest BCUT2D eigenvalue weighted by Gasteiger charge is 2.25. The number of carbonyl (C=O) groups is 2. The number of aryl methyl sites for hydroxylation is 1. The number of benzene rings is 2. The SMILES string of the molecule is Cc1cccc(N2CCN(C(=O)c3cccc(C(=O)N4CCCC4)c3)CC2)c1C. The number of likely N-dealkylation sites (tertiary alicyclic amines) is 1. The molecule has 0 N–H and O–H groups in total. The van der Waals surface area contributed by atoms with Crippen molar-refractivity contribution in [1.82, 2.24) is 9.80 Å². The van der Waals surface area contributed by atoms with Gasteiger partial charge in [-0.05, 0) is 62.1 Å². The first-order valence-electron chi connectivity index (χ1n) is 10.5. The second kappa shape index (κ2) is 8.27. The number of carbonyl (C=O) groups excluding carboxylic acids is 2. The van der Waals surface area contributed by atoms with Gasteiger partial charge in [-0.3, -0.25) is 9.59 Å². The number of amides is 2. The molecule has 0 atom stereocenters. The van der Waals surface area contributed by atoms with Gasteiger partial charge in [-0.2, -0.15) is 0 Å². The Morgan fingerprint density at radius 2 is 1.28 bits per heavy atom. The third-order valence-corrected chi connectivity index (χ3v) is 6.23. The quantitative estimate of drug-likeness (QED) is 0.804. The minimum absolute atomic E-state index is 0.0155. The van der Waals surface area contributed by atoms with Gasteiger partial charge in [0.25, 0.3) is 11.8 Å². The van der Waals surface area contributed by atoms with Crippen LogP contribution in [0.25, 0.3) is 0 Å². The van der Waals surface area contributed by atoms with E-state index in [-0.39, 0.29) is 11.8 Å². The van der Waals surface area contributed by atoms with E-state index in [1.54, 1.807) is 6.07 Å². The Kier molecular flexibility index (Phi) is 5.56. The second-order valence-electron chi connectivity index (χ2n) is 8.08. The Bertz CT molecular complexity index is 910. The van der Waals surface area contributed by atoms with Crippen LogP contribution < -0.4 is 4.90 Å². The summed E-state index contributed by atoms with van der Waals surface area (Å²) in [7, 11) is 0. The smallest absolute Gasteiger partial charge is 0.253 e. The van der Waals surface area contributed by atoms with Crippen LogP contribution in [0.4, 0.5) is 5.69 Å². The monoisotopic (exact) mass is 391 g/mol. The average molecular weight is 392 g/mol. The molecule has 152 valence electrons. The van der Waals surface area contributed by atoms with E-state index in [0.717, 1.165) is 39.0 Å². The molecule has 2 amide bonds. The maximum absolute atomic E-state index is 13.0. The van der Waals surface area contributed by atoms with E-state index in [4.69, 9.17) is 0 Å². The van der Waals surface area contributed by atoms with Crippen molar-refractivity contribution in [3.05, 3.63) is 64.7 Å². The predicted octanol–water partition coefficient (Wildman–Crippen LogP) is 3.50. The summed E-state index contributed by atoms with van der Waals surface area (Å²) < 4.78 is 0. The second-order valence-corrected chi connectivity index (χ2v) is 8.08. The highest BCUT2D eigenvalue weighted by atomic mass is 16.2. The van der Waals surface area contributed by atoms with E-state index < -0.39 is 0 Å². The maximum atomic E-state index is 13.0. The Morgan fingerprint density at radius 3 is 1.90 bits per heavy atom. The van der Waals surface area contributed by atoms with Crippen molar-refractivity contribution in [2.45, 2.75) is 26.7 Å². The molecule has 2 aromatic carbocycles. The van der Waals surface area contributed by atoms with Crippen LogP contribution in [-0.4, -0.2) is 60.9 Å². The molecular formula is C24H29N3O2. The lowest BCUT2D eigenvalue weighted by molar-refractivity contribution is 0.0746. The molecule has 2 aliphatic rings. The number of anilines is 1. The fourth-order valence-corrected chi connectivity index (χ4v) is 4.30. The summed E-state index contributed by atoms with van der Waals surface area (Å²) in [5.74, 6) is 0.0542. The third-order valence-electron chi connectivity index (χ3n) is 6.23. The fraction of sp³-hybridized carbons (Fsp3) is 0.417. The first-order valence-corrected chi connectivity index (χ1v) is 10.5. The van der Waals surface area contributed by atoms with Crippen LogP contribution in [0.2, 0.25) is 0 Å². The normalized spacial score (nSPS) is 17.0. The Hall–Kier alpha value is -2.82. The molecule has 0 aliphatic carbocycles. The van der Waals surface area contributed by atoms with Gasteiger partial charge >= 0.3 is 0 Å². The minimum Gasteiger partial charge on any atom is -0.368 e. The molecule has 0 bridgehead atoms. The molecule has 2 aliphatic heterocycles. The first kappa shape index (κ1) is 19.5. The summed E-state index contributed by atoms with van der Waals surface area (Å²) in [5, 5.41) is 0. The molecule has 0 aromatic heterocycles. The van der Waals surface area contributed by atoms with Gasteiger partial charge in [0.05, 0.1) is 0 Å². The summed E-state index contributed by atoms with van der Waals surface area (Å²) in [4.78, 5) is 31.8. The van der Waals surface area contributed by atoms with E-state index in [0.29, 0.717) is 24.2 Å². The molecule has 29 heavy (non-hydrogen) atoms. The molecule has 2 fully saturated rings. The van der Waals surface area contributed by atoms with Gasteiger partial charge in [0, 0.05) is 56.1 Å². The van der Waals surface area contributed by atoms with E-state index in [1.807, 2.05) is 28.0 Å². The lowest BCUT2D eigenvalue weighted by Crippen LogP contribution is -2.49. The van der Waals surface area contributed by atoms with Gasteiger partial charge in [0.1, 0.15) is 0 Å². The highest BCUT2D eigenvalue weighted by molar-refractivity contribution is 5.99. The van der Waals surface area contributed by atoms with E-state index in [1.165, 1.54) is 16.8 Å². The molecule has 0 spiro atoms. The van der Waals surface area contributed by atoms with Crippen molar-refractivity contribution in [2.75, 3.05) is 44.2 Å². The number of nitrogens with zero attached hydrogens (tertiary/aromatic N) is 3. The number of hydrogen-bond acceptors (Lipinski definition) is 3. The standard InChI is InChI=1S/C24H29N3O2/c1-18-7-5-10-22(19(18)2)25-13-15-27(16-14-25)24(29)21-9-6-8-20(17-21)23(28)26-11-3-4-12-26/h5-10,17H,3-4,11-16H2,1-2H3. The molecule has 5 nitrogen and oxygen atoms in total. The summed E-state index contributed by atoms with van der Waals surface area (Å²) in [5.41, 5.74) is 5.08. The summed E-state index contributed by atoms with van der Waals surface area (Å²) in [6.07, 6.45) is 2.13. The van der Waals surface area contributed by atoms with Crippen LogP contribution in [0.5, 0.6) is 0 Å². The largest absolute Gasteiger partial charge is 0.368 e. The summed E-state index contributed by atoms with van der Waals surface area (Å²) in [6, 6.07) is 13.6. The Labute approximate surface area is 172 Å². The molecule has 0 radical (unpaired) electrons. The maximum Gasteiger partial charge on any atom is 0.253 e. The van der Waals surface area contributed by atoms with Gasteiger partial charge < -0.3 is 14.7 Å². The fourth-order valence-electron chi connectivity index (χ4n) is 4.30. The average Bonchev–Trinajstić information content (AvgIpc) is 3.30. The van der Waals surface area contributed by atoms with Crippen LogP contribution in [0.3, 0.4) is 0 Å². The lowest BCUT2D eigenvalue weighted by Gasteiger charge is -2.37. The summed E-state index contributed by atoms with van der Waals surface area (Å²) in [6.45, 7) is 8.95. The summed E-state index contributed by atoms with van der Waals surface area (Å²) >= 11 is 0. The van der Waals surface area contributed by atoms with Gasteiger partial charge in [-0.25, -0.2) is 0 Å². The Balaban J connectivity index is 1.43. The molecule has 2 heterocycles. The zero-order chi connectivity index (χ0) is 20.4. The predicted molar refractivity (Wildman–Crippen MR) is 116 cm³/mol. The van der Waals surface area contributed by atoms with Gasteiger partial charge in [-0.15, -0.1) is 0 Å². The van der Waals surface area contributed by atoms with Crippen molar-refractivity contribution < 1.29 is 9.59 Å². The topological polar surface area (TPSA) is 43.9 Å². The van der Waals surface area contributed by atoms with Crippen LogP contribution in [0.15, 0.2) is 42.5 Å². The van der Waals surface area contributed by atoms with Crippen LogP contribution >= 0.6 is 0 Å². The molecule has 0 saturated carbocycles. The molecular weight excluding hydrogens is 362 g/mol. The van der Waals surface area contributed by atoms with Crippen molar-refractivity contribution >= 4 is 17.5 Å². The van der Waals surface area contributed by atoms with Crippen molar-refractivity contribution in [3.63, 3.8) is 0 Å². The third kappa shape index (κ3) is 4.00. The van der Waals surface area contributed by atoms with E-state index in [9.17, 15) is 9.59 Å². The van der Waals surface area contributed by atoms with Gasteiger partial charge in [0.15, 0.2) is 0 Å². The van der Waals surface area contributed by atoms with Crippen molar-refractivity contribution in [3.8, 4) is 0 Å². The molecule has 0 unspecified atom stereocenters. The first-order chi connectivity index (χ1) is 14.0. The number of piperazine rings is 1. The van der Waals surface area contributed by atoms with Crippen molar-refractivity contribution in [2.24, 2.45) is 0 Å². The van der Waals surface area contributed by atoms with Crippen molar-refractivity contribution in [1.29, 1.82) is 0 Å². The van der Waals surface area contributed by atoms with E-state index >= 15 is 0 Å². The van der Waals surface area contributed by atoms with Gasteiger partial charge in [-0.1, -0.05) is 18.2 Å². The molecule has 4 rings (SSSR count). The zero-order valence-electron chi connectivity index (χ0n) is 17.4. The lowest BCUT2D eigenvalue weighted by atomic mass is 10.1. The number of rotatable bonds is 3. The highest BCUT2D eigenvalue weighted by Crippen LogP contribution is 2.24. The zero-order valence-corrected chi connectivity index (χ0v) is 17.4. The van der Waals surface area contributed by atoms with Crippen LogP contribution in [0.1, 0.15) is 44.7 Å². The van der Waals surface area contributed by atoms with Gasteiger partial charge in [0.2, 0.25) is 0 Å². The van der Waals surface area contributed by atoms with Crippen LogP contribution in [0, 0.1) is 13.8 Å². The Morgan fingerprint density at radius 1 is 0.724 bits per heavy atom.